The van der Waals surface area contributed by atoms with E-state index in [1.54, 1.807) is 6.26 Å². The Morgan fingerprint density at radius 1 is 1.06 bits per heavy atom. The van der Waals surface area contributed by atoms with Gasteiger partial charge in [-0.1, -0.05) is 23.7 Å². The van der Waals surface area contributed by atoms with Gasteiger partial charge < -0.3 is 16.4 Å². The molecule has 0 saturated heterocycles. The molecule has 4 N–H and O–H groups in total. The van der Waals surface area contributed by atoms with Gasteiger partial charge in [-0.2, -0.15) is 27.1 Å². The van der Waals surface area contributed by atoms with Crippen LogP contribution in [-0.4, -0.2) is 61.3 Å². The summed E-state index contributed by atoms with van der Waals surface area (Å²) in [6.45, 7) is -2.23. The van der Waals surface area contributed by atoms with Crippen LogP contribution < -0.4 is 21.9 Å². The lowest BCUT2D eigenvalue weighted by Gasteiger charge is -2.34. The summed E-state index contributed by atoms with van der Waals surface area (Å²) in [5, 5.41) is 8.26. The Morgan fingerprint density at radius 3 is 2.45 bits per heavy atom. The van der Waals surface area contributed by atoms with Crippen LogP contribution in [0, 0.1) is 29.3 Å². The lowest BCUT2D eigenvalue weighted by Crippen LogP contribution is -2.49. The highest BCUT2D eigenvalue weighted by Gasteiger charge is 2.68. The van der Waals surface area contributed by atoms with Gasteiger partial charge in [0, 0.05) is 46.5 Å². The minimum atomic E-state index is -5.16. The van der Waals surface area contributed by atoms with Crippen LogP contribution in [0.2, 0.25) is 0 Å². The molecule has 64 heavy (non-hydrogen) atoms. The van der Waals surface area contributed by atoms with Gasteiger partial charge >= 0.3 is 6.18 Å². The number of pyridine rings is 1. The van der Waals surface area contributed by atoms with E-state index in [9.17, 15) is 40.3 Å². The number of nitrogens with zero attached hydrogens (tertiary/aromatic N) is 6. The highest BCUT2D eigenvalue weighted by molar-refractivity contribution is 7.97. The SMILES string of the molecule is CS/N=C(\N)C1C(Cl)=CC=C(n2c(C(Cc3cc(F)cc(F)c3)NC(=O)Cn3nc(C(F)(F)F)c4c3C(F)(F)[C@@H]3CC43)nc3nc(-c4ccccc4F)ccc3c2=O)C1NCC(F)F. The third-order valence-corrected chi connectivity index (χ3v) is 11.8. The van der Waals surface area contributed by atoms with Crippen molar-refractivity contribution in [1.82, 2.24) is 34.9 Å². The summed E-state index contributed by atoms with van der Waals surface area (Å²) in [7, 11) is 0. The van der Waals surface area contributed by atoms with Crippen molar-refractivity contribution in [2.45, 2.75) is 55.9 Å². The Bertz CT molecular complexity index is 2830. The van der Waals surface area contributed by atoms with Crippen LogP contribution in [0.25, 0.3) is 28.0 Å². The minimum Gasteiger partial charge on any atom is -0.386 e. The maximum atomic E-state index is 15.5. The number of nitrogens with two attached hydrogens (primary N) is 1. The average molecular weight is 940 g/mol. The van der Waals surface area contributed by atoms with Gasteiger partial charge in [-0.25, -0.2) is 36.3 Å². The third-order valence-electron chi connectivity index (χ3n) is 11.0. The number of amides is 1. The van der Waals surface area contributed by atoms with Gasteiger partial charge in [-0.05, 0) is 78.4 Å². The number of carbonyl (C=O) groups is 1. The van der Waals surface area contributed by atoms with Crippen LogP contribution in [0.5, 0.6) is 0 Å². The fourth-order valence-corrected chi connectivity index (χ4v) is 8.98. The van der Waals surface area contributed by atoms with Crippen LogP contribution in [0.15, 0.2) is 81.0 Å². The predicted octanol–water partition coefficient (Wildman–Crippen LogP) is 7.85. The summed E-state index contributed by atoms with van der Waals surface area (Å²) < 4.78 is 151. The van der Waals surface area contributed by atoms with Crippen molar-refractivity contribution < 1.29 is 48.7 Å². The maximum absolute atomic E-state index is 15.5. The number of allylic oxidation sites excluding steroid dienone is 2. The Hall–Kier alpha value is -5.74. The highest BCUT2D eigenvalue weighted by Crippen LogP contribution is 2.68. The lowest BCUT2D eigenvalue weighted by atomic mass is 9.90. The first-order valence-electron chi connectivity index (χ1n) is 19.2. The molecule has 1 amide bonds. The second-order valence-electron chi connectivity index (χ2n) is 15.2. The van der Waals surface area contributed by atoms with E-state index in [0.717, 1.165) is 34.7 Å². The molecule has 8 rings (SSSR count). The number of fused-ring (bicyclic) bond motifs is 4. The topological polar surface area (TPSA) is 145 Å². The predicted molar refractivity (Wildman–Crippen MR) is 217 cm³/mol. The monoisotopic (exact) mass is 939 g/mol. The van der Waals surface area contributed by atoms with Gasteiger partial charge in [0.25, 0.3) is 17.9 Å². The number of hydrogen-bond acceptors (Lipinski definition) is 8. The summed E-state index contributed by atoms with van der Waals surface area (Å²) in [6, 6.07) is 7.15. The molecule has 0 bridgehead atoms. The van der Waals surface area contributed by atoms with E-state index in [2.05, 4.69) is 30.1 Å². The zero-order chi connectivity index (χ0) is 46.0. The smallest absolute Gasteiger partial charge is 0.386 e. The molecule has 3 aromatic heterocycles. The van der Waals surface area contributed by atoms with Crippen molar-refractivity contribution in [1.29, 1.82) is 0 Å². The van der Waals surface area contributed by atoms with Gasteiger partial charge in [0.1, 0.15) is 41.4 Å². The number of benzene rings is 2. The lowest BCUT2D eigenvalue weighted by molar-refractivity contribution is -0.142. The molecule has 23 heteroatoms. The van der Waals surface area contributed by atoms with Crippen molar-refractivity contribution in [3.63, 3.8) is 0 Å². The van der Waals surface area contributed by atoms with E-state index in [4.69, 9.17) is 17.3 Å². The Kier molecular flexibility index (Phi) is 11.9. The maximum Gasteiger partial charge on any atom is 0.435 e. The van der Waals surface area contributed by atoms with Crippen LogP contribution in [0.1, 0.15) is 46.7 Å². The fraction of sp³-hybridized carbons (Fsp3) is 0.317. The van der Waals surface area contributed by atoms with Gasteiger partial charge in [0.15, 0.2) is 11.3 Å². The van der Waals surface area contributed by atoms with Gasteiger partial charge in [0.05, 0.1) is 35.6 Å². The fourth-order valence-electron chi connectivity index (χ4n) is 8.35. The Morgan fingerprint density at radius 2 is 1.78 bits per heavy atom. The molecular formula is C41H32ClF10N9O2S. The first-order chi connectivity index (χ1) is 30.3. The minimum absolute atomic E-state index is 0.00938. The molecule has 5 aromatic rings. The van der Waals surface area contributed by atoms with Crippen molar-refractivity contribution in [3.8, 4) is 11.3 Å². The summed E-state index contributed by atoms with van der Waals surface area (Å²) in [6.07, 6.45) is -4.89. The zero-order valence-corrected chi connectivity index (χ0v) is 34.4. The highest BCUT2D eigenvalue weighted by atomic mass is 35.5. The molecular weight excluding hydrogens is 908 g/mol. The second kappa shape index (κ2) is 17.0. The first kappa shape index (κ1) is 44.9. The van der Waals surface area contributed by atoms with Gasteiger partial charge in [-0.15, -0.1) is 0 Å². The number of rotatable bonds is 13. The number of aromatic nitrogens is 5. The molecule has 0 spiro atoms. The van der Waals surface area contributed by atoms with Crippen molar-refractivity contribution in [2.24, 2.45) is 22.0 Å². The number of alkyl halides is 7. The normalized spacial score (nSPS) is 20.8. The summed E-state index contributed by atoms with van der Waals surface area (Å²) >= 11 is 7.51. The molecule has 2 aromatic carbocycles. The third kappa shape index (κ3) is 8.37. The van der Waals surface area contributed by atoms with Gasteiger partial charge in [0.2, 0.25) is 5.91 Å². The molecule has 1 fully saturated rings. The van der Waals surface area contributed by atoms with Crippen LogP contribution in [0.4, 0.5) is 43.9 Å². The molecule has 4 unspecified atom stereocenters. The number of hydrogen-bond donors (Lipinski definition) is 3. The van der Waals surface area contributed by atoms with E-state index < -0.39 is 120 Å². The first-order valence-corrected chi connectivity index (χ1v) is 20.8. The number of carbonyl (C=O) groups excluding carboxylic acids is 1. The number of halogens is 11. The largest absolute Gasteiger partial charge is 0.435 e. The van der Waals surface area contributed by atoms with Crippen LogP contribution in [0.3, 0.4) is 0 Å². The molecule has 5 atom stereocenters. The molecule has 1 saturated carbocycles. The standard InChI is InChI=1S/C41H32ClF10N9O2S/c1-64-59-36(53)32-24(42)7-9-28(33(32)54-15-29(46)47)61-38(57-37-21(39(61)63)6-8-26(56-37)20-4-2-3-5-25(20)45)27(12-17-10-18(43)13-19(44)11-17)55-30(62)16-60-35-31(34(58-60)41(50,51)52)22-14-23(22)40(35,48)49/h2-11,13,22-23,27,29,32-33,54H,12,14-16H2,1H3,(H2,53,59)(H,55,62)/t22?,23-,27?,32?,33?/m1/s1. The molecule has 3 aliphatic carbocycles. The molecule has 11 nitrogen and oxygen atoms in total. The van der Waals surface area contributed by atoms with Crippen molar-refractivity contribution in [2.75, 3.05) is 12.8 Å². The van der Waals surface area contributed by atoms with Crippen LogP contribution in [-0.2, 0) is 29.9 Å². The van der Waals surface area contributed by atoms with Crippen molar-refractivity contribution >= 4 is 52.0 Å². The molecule has 3 aliphatic rings. The molecule has 3 heterocycles. The molecule has 0 aliphatic heterocycles. The Labute approximate surface area is 364 Å². The van der Waals surface area contributed by atoms with E-state index in [-0.39, 0.29) is 55.5 Å². The summed E-state index contributed by atoms with van der Waals surface area (Å²) in [4.78, 5) is 38.1. The van der Waals surface area contributed by atoms with E-state index in [1.165, 1.54) is 42.5 Å². The Balaban J connectivity index is 1.33. The van der Waals surface area contributed by atoms with Crippen molar-refractivity contribution in [3.05, 3.63) is 128 Å². The van der Waals surface area contributed by atoms with E-state index in [1.807, 2.05) is 0 Å². The number of nitrogens with one attached hydrogen (secondary N) is 2. The summed E-state index contributed by atoms with van der Waals surface area (Å²) in [5.74, 6) is -12.4. The zero-order valence-electron chi connectivity index (χ0n) is 32.8. The quantitative estimate of drug-likeness (QED) is 0.0469. The van der Waals surface area contributed by atoms with Crippen LogP contribution >= 0.6 is 23.5 Å². The molecule has 336 valence electrons. The van der Waals surface area contributed by atoms with Gasteiger partial charge in [-0.3, -0.25) is 18.8 Å². The van der Waals surface area contributed by atoms with E-state index >= 15 is 13.2 Å². The summed E-state index contributed by atoms with van der Waals surface area (Å²) in [5.41, 5.74) is 1.18. The molecule has 0 radical (unpaired) electrons. The second-order valence-corrected chi connectivity index (χ2v) is 16.2. The average Bonchev–Trinajstić information content (AvgIpc) is 3.87. The number of amidine groups is 1. The van der Waals surface area contributed by atoms with E-state index in [0.29, 0.717) is 6.07 Å².